The van der Waals surface area contributed by atoms with Gasteiger partial charge in [0.2, 0.25) is 10.1 Å². The lowest BCUT2D eigenvalue weighted by Crippen LogP contribution is -2.38. The molecule has 3 heterocycles. The summed E-state index contributed by atoms with van der Waals surface area (Å²) in [6.45, 7) is 9.85. The first-order valence-corrected chi connectivity index (χ1v) is 10.2. The first-order valence-electron chi connectivity index (χ1n) is 9.37. The molecule has 1 fully saturated rings. The monoisotopic (exact) mass is 369 g/mol. The number of piperidine rings is 1. The highest BCUT2D eigenvalue weighted by atomic mass is 32.1. The molecule has 4 rings (SSSR count). The third kappa shape index (κ3) is 3.91. The van der Waals surface area contributed by atoms with Gasteiger partial charge in [-0.15, -0.1) is 5.10 Å². The maximum atomic E-state index is 4.73. The highest BCUT2D eigenvalue weighted by Gasteiger charge is 2.22. The molecule has 3 aromatic rings. The van der Waals surface area contributed by atoms with E-state index in [1.165, 1.54) is 5.56 Å². The molecular weight excluding hydrogens is 342 g/mol. The topological polar surface area (TPSA) is 45.5 Å². The van der Waals surface area contributed by atoms with Crippen molar-refractivity contribution in [3.8, 4) is 0 Å². The van der Waals surface area contributed by atoms with Gasteiger partial charge in [0, 0.05) is 31.1 Å². The van der Waals surface area contributed by atoms with E-state index >= 15 is 0 Å². The molecule has 0 unspecified atom stereocenters. The van der Waals surface area contributed by atoms with E-state index in [1.807, 2.05) is 4.52 Å². The summed E-state index contributed by atoms with van der Waals surface area (Å²) in [6.07, 6.45) is 4.36. The lowest BCUT2D eigenvalue weighted by molar-refractivity contribution is 0.211. The van der Waals surface area contributed by atoms with Crippen LogP contribution in [0.2, 0.25) is 0 Å². The number of rotatable bonds is 4. The lowest BCUT2D eigenvalue weighted by atomic mass is 9.93. The van der Waals surface area contributed by atoms with Crippen molar-refractivity contribution in [3.05, 3.63) is 47.8 Å². The minimum Gasteiger partial charge on any atom is -0.357 e. The fourth-order valence-electron chi connectivity index (χ4n) is 3.37. The Labute approximate surface area is 159 Å². The molecule has 5 nitrogen and oxygen atoms in total. The number of fused-ring (bicyclic) bond motifs is 1. The van der Waals surface area contributed by atoms with Crippen LogP contribution < -0.4 is 5.32 Å². The number of hydrogen-bond acceptors (Lipinski definition) is 5. The van der Waals surface area contributed by atoms with Gasteiger partial charge in [-0.05, 0) is 18.4 Å². The molecule has 1 saturated heterocycles. The van der Waals surface area contributed by atoms with E-state index in [0.717, 1.165) is 48.3 Å². The third-order valence-corrected chi connectivity index (χ3v) is 5.83. The molecule has 6 heteroatoms. The van der Waals surface area contributed by atoms with Gasteiger partial charge in [-0.1, -0.05) is 62.4 Å². The highest BCUT2D eigenvalue weighted by Crippen LogP contribution is 2.27. The van der Waals surface area contributed by atoms with E-state index in [-0.39, 0.29) is 5.41 Å². The van der Waals surface area contributed by atoms with E-state index in [4.69, 9.17) is 4.98 Å². The van der Waals surface area contributed by atoms with Crippen LogP contribution in [-0.4, -0.2) is 38.6 Å². The van der Waals surface area contributed by atoms with Crippen molar-refractivity contribution in [3.63, 3.8) is 0 Å². The zero-order valence-electron chi connectivity index (χ0n) is 15.8. The van der Waals surface area contributed by atoms with Gasteiger partial charge in [-0.25, -0.2) is 9.50 Å². The SMILES string of the molecule is CC(C)(C)c1cn2nc(NC3CCN(Cc4ccccc4)CC3)sc2n1. The molecule has 1 aliphatic rings. The molecule has 0 saturated carbocycles. The number of likely N-dealkylation sites (tertiary alicyclic amines) is 1. The van der Waals surface area contributed by atoms with Gasteiger partial charge in [0.25, 0.3) is 0 Å². The van der Waals surface area contributed by atoms with Gasteiger partial charge in [0.15, 0.2) is 0 Å². The molecule has 0 radical (unpaired) electrons. The van der Waals surface area contributed by atoms with E-state index in [0.29, 0.717) is 6.04 Å². The Kier molecular flexibility index (Phi) is 4.71. The van der Waals surface area contributed by atoms with Crippen molar-refractivity contribution in [2.45, 2.75) is 51.6 Å². The second-order valence-corrected chi connectivity index (χ2v) is 9.15. The van der Waals surface area contributed by atoms with Crippen LogP contribution in [0.1, 0.15) is 44.9 Å². The Bertz CT molecular complexity index is 822. The number of nitrogens with zero attached hydrogens (tertiary/aromatic N) is 4. The van der Waals surface area contributed by atoms with Crippen molar-refractivity contribution < 1.29 is 0 Å². The fourth-order valence-corrected chi connectivity index (χ4v) is 4.23. The minimum atomic E-state index is 0.0621. The number of nitrogens with one attached hydrogen (secondary N) is 1. The molecule has 0 bridgehead atoms. The quantitative estimate of drug-likeness (QED) is 0.750. The van der Waals surface area contributed by atoms with E-state index in [9.17, 15) is 0 Å². The summed E-state index contributed by atoms with van der Waals surface area (Å²) in [5, 5.41) is 9.28. The molecule has 1 aliphatic heterocycles. The Hall–Kier alpha value is -1.92. The Morgan fingerprint density at radius 2 is 1.88 bits per heavy atom. The number of aromatic nitrogens is 3. The van der Waals surface area contributed by atoms with Gasteiger partial charge < -0.3 is 5.32 Å². The average molecular weight is 370 g/mol. The van der Waals surface area contributed by atoms with E-state index in [1.54, 1.807) is 11.3 Å². The summed E-state index contributed by atoms with van der Waals surface area (Å²) in [6, 6.07) is 11.2. The first-order chi connectivity index (χ1) is 12.5. The lowest BCUT2D eigenvalue weighted by Gasteiger charge is -2.32. The van der Waals surface area contributed by atoms with Crippen LogP contribution in [0.15, 0.2) is 36.5 Å². The molecule has 1 aromatic carbocycles. The largest absolute Gasteiger partial charge is 0.357 e. The van der Waals surface area contributed by atoms with Gasteiger partial charge in [0.05, 0.1) is 11.9 Å². The smallest absolute Gasteiger partial charge is 0.214 e. The molecule has 2 aromatic heterocycles. The number of hydrogen-bond donors (Lipinski definition) is 1. The summed E-state index contributed by atoms with van der Waals surface area (Å²) < 4.78 is 1.91. The molecule has 0 atom stereocenters. The summed E-state index contributed by atoms with van der Waals surface area (Å²) in [5.74, 6) is 0. The van der Waals surface area contributed by atoms with Crippen LogP contribution in [-0.2, 0) is 12.0 Å². The average Bonchev–Trinajstić information content (AvgIpc) is 3.16. The summed E-state index contributed by atoms with van der Waals surface area (Å²) >= 11 is 1.65. The Morgan fingerprint density at radius 3 is 2.54 bits per heavy atom. The van der Waals surface area contributed by atoms with Crippen LogP contribution in [0.4, 0.5) is 5.13 Å². The molecule has 0 aliphatic carbocycles. The molecular formula is C20H27N5S. The van der Waals surface area contributed by atoms with Crippen molar-refractivity contribution in [1.29, 1.82) is 0 Å². The standard InChI is InChI=1S/C20H27N5S/c1-20(2,3)17-14-25-19(22-17)26-18(23-25)21-16-9-11-24(12-10-16)13-15-7-5-4-6-8-15/h4-8,14,16H,9-13H2,1-3H3,(H,21,23). The summed E-state index contributed by atoms with van der Waals surface area (Å²) in [4.78, 5) is 8.24. The fraction of sp³-hybridized carbons (Fsp3) is 0.500. The van der Waals surface area contributed by atoms with Gasteiger partial charge in [-0.2, -0.15) is 0 Å². The number of anilines is 1. The van der Waals surface area contributed by atoms with Gasteiger partial charge in [-0.3, -0.25) is 4.90 Å². The highest BCUT2D eigenvalue weighted by molar-refractivity contribution is 7.20. The minimum absolute atomic E-state index is 0.0621. The van der Waals surface area contributed by atoms with Crippen LogP contribution in [0, 0.1) is 0 Å². The van der Waals surface area contributed by atoms with Crippen molar-refractivity contribution >= 4 is 21.4 Å². The predicted octanol–water partition coefficient (Wildman–Crippen LogP) is 4.16. The predicted molar refractivity (Wildman–Crippen MR) is 108 cm³/mol. The maximum absolute atomic E-state index is 4.73. The zero-order valence-corrected chi connectivity index (χ0v) is 16.6. The molecule has 0 spiro atoms. The van der Waals surface area contributed by atoms with Gasteiger partial charge >= 0.3 is 0 Å². The number of benzene rings is 1. The van der Waals surface area contributed by atoms with Crippen LogP contribution in [0.3, 0.4) is 0 Å². The van der Waals surface area contributed by atoms with E-state index in [2.05, 4.69) is 72.6 Å². The van der Waals surface area contributed by atoms with Crippen molar-refractivity contribution in [1.82, 2.24) is 19.5 Å². The first kappa shape index (κ1) is 17.5. The normalized spacial score (nSPS) is 17.0. The van der Waals surface area contributed by atoms with Gasteiger partial charge in [0.1, 0.15) is 0 Å². The maximum Gasteiger partial charge on any atom is 0.214 e. The Morgan fingerprint density at radius 1 is 1.15 bits per heavy atom. The summed E-state index contributed by atoms with van der Waals surface area (Å²) in [7, 11) is 0. The van der Waals surface area contributed by atoms with Crippen molar-refractivity contribution in [2.24, 2.45) is 0 Å². The number of imidazole rings is 1. The molecule has 26 heavy (non-hydrogen) atoms. The summed E-state index contributed by atoms with van der Waals surface area (Å²) in [5.41, 5.74) is 2.55. The second-order valence-electron chi connectivity index (χ2n) is 8.19. The van der Waals surface area contributed by atoms with Crippen LogP contribution in [0.25, 0.3) is 4.96 Å². The zero-order chi connectivity index (χ0) is 18.1. The Balaban J connectivity index is 1.33. The van der Waals surface area contributed by atoms with Crippen LogP contribution in [0.5, 0.6) is 0 Å². The van der Waals surface area contributed by atoms with Crippen LogP contribution >= 0.6 is 11.3 Å². The second kappa shape index (κ2) is 7.00. The molecule has 138 valence electrons. The van der Waals surface area contributed by atoms with Crippen molar-refractivity contribution in [2.75, 3.05) is 18.4 Å². The molecule has 0 amide bonds. The van der Waals surface area contributed by atoms with E-state index < -0.39 is 0 Å². The molecule has 1 N–H and O–H groups in total. The third-order valence-electron chi connectivity index (χ3n) is 4.98.